The fourth-order valence-electron chi connectivity index (χ4n) is 2.00. The van der Waals surface area contributed by atoms with E-state index in [9.17, 15) is 0 Å². The Kier molecular flexibility index (Phi) is 3.36. The van der Waals surface area contributed by atoms with Gasteiger partial charge in [0, 0.05) is 30.5 Å². The Hall–Kier alpha value is -1.20. The Labute approximate surface area is 95.3 Å². The third-order valence-electron chi connectivity index (χ3n) is 2.99. The van der Waals surface area contributed by atoms with Crippen molar-refractivity contribution in [3.05, 3.63) is 17.5 Å². The van der Waals surface area contributed by atoms with E-state index in [4.69, 9.17) is 10.8 Å². The molecular weight excluding hydrogens is 204 g/mol. The number of aryl methyl sites for hydroxylation is 1. The summed E-state index contributed by atoms with van der Waals surface area (Å²) in [6.45, 7) is 3.90. The van der Waals surface area contributed by atoms with Crippen molar-refractivity contribution in [3.63, 3.8) is 0 Å². The van der Waals surface area contributed by atoms with E-state index in [-0.39, 0.29) is 12.6 Å². The van der Waals surface area contributed by atoms with Gasteiger partial charge >= 0.3 is 0 Å². The maximum Gasteiger partial charge on any atom is 0.225 e. The Morgan fingerprint density at radius 2 is 2.19 bits per heavy atom. The molecular formula is C11H18N4O. The SMILES string of the molecule is Cc1nc(N2CCCC2)ncc1C(N)CO. The molecule has 0 bridgehead atoms. The van der Waals surface area contributed by atoms with Crippen LogP contribution < -0.4 is 10.6 Å². The average molecular weight is 222 g/mol. The summed E-state index contributed by atoms with van der Waals surface area (Å²) in [7, 11) is 0. The van der Waals surface area contributed by atoms with Crippen LogP contribution in [0.15, 0.2) is 6.20 Å². The Morgan fingerprint density at radius 1 is 1.50 bits per heavy atom. The Bertz CT molecular complexity index is 363. The number of aliphatic hydroxyl groups excluding tert-OH is 1. The van der Waals surface area contributed by atoms with Gasteiger partial charge in [-0.1, -0.05) is 0 Å². The lowest BCUT2D eigenvalue weighted by Gasteiger charge is -2.17. The van der Waals surface area contributed by atoms with Crippen LogP contribution in [-0.4, -0.2) is 34.8 Å². The predicted molar refractivity (Wildman–Crippen MR) is 62.2 cm³/mol. The summed E-state index contributed by atoms with van der Waals surface area (Å²) in [5, 5.41) is 9.00. The van der Waals surface area contributed by atoms with E-state index in [1.54, 1.807) is 6.20 Å². The topological polar surface area (TPSA) is 75.3 Å². The van der Waals surface area contributed by atoms with E-state index in [0.29, 0.717) is 0 Å². The van der Waals surface area contributed by atoms with Gasteiger partial charge in [-0.05, 0) is 19.8 Å². The molecule has 1 unspecified atom stereocenters. The minimum absolute atomic E-state index is 0.0761. The number of nitrogens with two attached hydrogens (primary N) is 1. The highest BCUT2D eigenvalue weighted by atomic mass is 16.3. The van der Waals surface area contributed by atoms with Crippen LogP contribution in [0.1, 0.15) is 30.1 Å². The minimum Gasteiger partial charge on any atom is -0.394 e. The van der Waals surface area contributed by atoms with Gasteiger partial charge in [0.1, 0.15) is 0 Å². The van der Waals surface area contributed by atoms with E-state index in [1.807, 2.05) is 6.92 Å². The lowest BCUT2D eigenvalue weighted by molar-refractivity contribution is 0.267. The molecule has 0 aliphatic carbocycles. The molecule has 1 fully saturated rings. The van der Waals surface area contributed by atoms with Crippen molar-refractivity contribution in [1.29, 1.82) is 0 Å². The van der Waals surface area contributed by atoms with Gasteiger partial charge in [0.2, 0.25) is 5.95 Å². The van der Waals surface area contributed by atoms with E-state index in [1.165, 1.54) is 12.8 Å². The van der Waals surface area contributed by atoms with Gasteiger partial charge < -0.3 is 15.7 Å². The highest BCUT2D eigenvalue weighted by molar-refractivity contribution is 5.34. The predicted octanol–water partition coefficient (Wildman–Crippen LogP) is 0.377. The summed E-state index contributed by atoms with van der Waals surface area (Å²) in [5.74, 6) is 0.781. The van der Waals surface area contributed by atoms with Crippen molar-refractivity contribution in [2.75, 3.05) is 24.6 Å². The highest BCUT2D eigenvalue weighted by Crippen LogP contribution is 2.19. The standard InChI is InChI=1S/C11H18N4O/c1-8-9(10(12)7-16)6-13-11(14-8)15-4-2-3-5-15/h6,10,16H,2-5,7,12H2,1H3. The molecule has 0 spiro atoms. The Balaban J connectivity index is 2.21. The van der Waals surface area contributed by atoms with E-state index in [0.717, 1.165) is 30.3 Å². The van der Waals surface area contributed by atoms with Gasteiger partial charge in [-0.3, -0.25) is 0 Å². The Morgan fingerprint density at radius 3 is 2.75 bits per heavy atom. The minimum atomic E-state index is -0.382. The number of hydrogen-bond donors (Lipinski definition) is 2. The third kappa shape index (κ3) is 2.15. The molecule has 5 heteroatoms. The van der Waals surface area contributed by atoms with Gasteiger partial charge in [-0.25, -0.2) is 9.97 Å². The van der Waals surface area contributed by atoms with Gasteiger partial charge in [0.15, 0.2) is 0 Å². The molecule has 5 nitrogen and oxygen atoms in total. The van der Waals surface area contributed by atoms with Gasteiger partial charge in [-0.2, -0.15) is 0 Å². The first-order chi connectivity index (χ1) is 7.72. The number of anilines is 1. The van der Waals surface area contributed by atoms with E-state index in [2.05, 4.69) is 14.9 Å². The number of nitrogens with zero attached hydrogens (tertiary/aromatic N) is 3. The summed E-state index contributed by atoms with van der Waals surface area (Å²) >= 11 is 0. The van der Waals surface area contributed by atoms with Gasteiger partial charge in [-0.15, -0.1) is 0 Å². The fraction of sp³-hybridized carbons (Fsp3) is 0.636. The smallest absolute Gasteiger partial charge is 0.225 e. The zero-order valence-corrected chi connectivity index (χ0v) is 9.56. The zero-order valence-electron chi connectivity index (χ0n) is 9.56. The van der Waals surface area contributed by atoms with Crippen molar-refractivity contribution in [3.8, 4) is 0 Å². The largest absolute Gasteiger partial charge is 0.394 e. The average Bonchev–Trinajstić information content (AvgIpc) is 2.81. The lowest BCUT2D eigenvalue weighted by atomic mass is 10.1. The highest BCUT2D eigenvalue weighted by Gasteiger charge is 2.17. The maximum atomic E-state index is 9.00. The normalized spacial score (nSPS) is 17.8. The number of aromatic nitrogens is 2. The second-order valence-electron chi connectivity index (χ2n) is 4.19. The van der Waals surface area contributed by atoms with Crippen LogP contribution in [0.2, 0.25) is 0 Å². The third-order valence-corrected chi connectivity index (χ3v) is 2.99. The molecule has 2 heterocycles. The van der Waals surface area contributed by atoms with Crippen LogP contribution in [0, 0.1) is 6.92 Å². The quantitative estimate of drug-likeness (QED) is 0.773. The molecule has 0 saturated carbocycles. The molecule has 3 N–H and O–H groups in total. The first-order valence-corrected chi connectivity index (χ1v) is 5.67. The molecule has 1 saturated heterocycles. The molecule has 1 aliphatic rings. The molecule has 0 aromatic carbocycles. The first kappa shape index (κ1) is 11.3. The first-order valence-electron chi connectivity index (χ1n) is 5.67. The van der Waals surface area contributed by atoms with Crippen LogP contribution in [0.3, 0.4) is 0 Å². The van der Waals surface area contributed by atoms with Gasteiger partial charge in [0.25, 0.3) is 0 Å². The number of rotatable bonds is 3. The summed E-state index contributed by atoms with van der Waals surface area (Å²) in [5.41, 5.74) is 7.44. The summed E-state index contributed by atoms with van der Waals surface area (Å²) < 4.78 is 0. The number of hydrogen-bond acceptors (Lipinski definition) is 5. The fourth-order valence-corrected chi connectivity index (χ4v) is 2.00. The number of aliphatic hydroxyl groups is 1. The maximum absolute atomic E-state index is 9.00. The van der Waals surface area contributed by atoms with Crippen molar-refractivity contribution in [1.82, 2.24) is 9.97 Å². The van der Waals surface area contributed by atoms with Crippen LogP contribution in [0.25, 0.3) is 0 Å². The van der Waals surface area contributed by atoms with E-state index >= 15 is 0 Å². The van der Waals surface area contributed by atoms with Crippen molar-refractivity contribution < 1.29 is 5.11 Å². The second-order valence-corrected chi connectivity index (χ2v) is 4.19. The second kappa shape index (κ2) is 4.76. The van der Waals surface area contributed by atoms with Gasteiger partial charge in [0.05, 0.1) is 12.6 Å². The molecule has 0 radical (unpaired) electrons. The van der Waals surface area contributed by atoms with Crippen molar-refractivity contribution >= 4 is 5.95 Å². The van der Waals surface area contributed by atoms with Crippen molar-refractivity contribution in [2.45, 2.75) is 25.8 Å². The summed E-state index contributed by atoms with van der Waals surface area (Å²) in [6, 6.07) is -0.382. The zero-order chi connectivity index (χ0) is 11.5. The van der Waals surface area contributed by atoms with E-state index < -0.39 is 0 Å². The molecule has 1 atom stereocenters. The summed E-state index contributed by atoms with van der Waals surface area (Å²) in [6.07, 6.45) is 4.15. The van der Waals surface area contributed by atoms with Crippen LogP contribution >= 0.6 is 0 Å². The molecule has 88 valence electrons. The molecule has 0 amide bonds. The lowest BCUT2D eigenvalue weighted by Crippen LogP contribution is -2.22. The van der Waals surface area contributed by atoms with Crippen LogP contribution in [0.5, 0.6) is 0 Å². The van der Waals surface area contributed by atoms with Crippen LogP contribution in [-0.2, 0) is 0 Å². The molecule has 1 aromatic heterocycles. The molecule has 16 heavy (non-hydrogen) atoms. The monoisotopic (exact) mass is 222 g/mol. The molecule has 1 aliphatic heterocycles. The van der Waals surface area contributed by atoms with Crippen LogP contribution in [0.4, 0.5) is 5.95 Å². The summed E-state index contributed by atoms with van der Waals surface area (Å²) in [4.78, 5) is 10.9. The molecule has 2 rings (SSSR count). The van der Waals surface area contributed by atoms with Crippen molar-refractivity contribution in [2.24, 2.45) is 5.73 Å². The molecule has 1 aromatic rings.